The summed E-state index contributed by atoms with van der Waals surface area (Å²) in [6.07, 6.45) is 3.25. The van der Waals surface area contributed by atoms with Crippen molar-refractivity contribution >= 4 is 0 Å². The van der Waals surface area contributed by atoms with Gasteiger partial charge in [0.2, 0.25) is 0 Å². The predicted molar refractivity (Wildman–Crippen MR) is 75.9 cm³/mol. The molecule has 1 fully saturated rings. The molecule has 1 saturated heterocycles. The Labute approximate surface area is 111 Å². The molecule has 0 saturated carbocycles. The van der Waals surface area contributed by atoms with Crippen molar-refractivity contribution in [2.24, 2.45) is 0 Å². The fourth-order valence-electron chi connectivity index (χ4n) is 2.57. The zero-order valence-electron chi connectivity index (χ0n) is 11.8. The molecule has 0 aliphatic carbocycles. The van der Waals surface area contributed by atoms with Crippen LogP contribution in [0.15, 0.2) is 30.3 Å². The van der Waals surface area contributed by atoms with Crippen molar-refractivity contribution in [2.45, 2.75) is 51.2 Å². The highest BCUT2D eigenvalue weighted by Gasteiger charge is 2.23. The van der Waals surface area contributed by atoms with Crippen molar-refractivity contribution < 1.29 is 4.74 Å². The van der Waals surface area contributed by atoms with Gasteiger partial charge in [-0.2, -0.15) is 0 Å². The van der Waals surface area contributed by atoms with Crippen LogP contribution in [0, 0.1) is 0 Å². The molecule has 1 aliphatic rings. The van der Waals surface area contributed by atoms with Crippen molar-refractivity contribution in [3.63, 3.8) is 0 Å². The van der Waals surface area contributed by atoms with Crippen molar-refractivity contribution in [1.29, 1.82) is 0 Å². The number of hydrogen-bond acceptors (Lipinski definition) is 2. The molecular formula is C16H25NO. The summed E-state index contributed by atoms with van der Waals surface area (Å²) < 4.78 is 5.82. The number of ether oxygens (including phenoxy) is 1. The van der Waals surface area contributed by atoms with Crippen LogP contribution in [-0.4, -0.2) is 25.3 Å². The molecule has 1 N–H and O–H groups in total. The molecule has 0 spiro atoms. The third-order valence-electron chi connectivity index (χ3n) is 3.81. The number of nitrogens with one attached hydrogen (secondary N) is 1. The molecule has 18 heavy (non-hydrogen) atoms. The van der Waals surface area contributed by atoms with Gasteiger partial charge in [-0.1, -0.05) is 44.2 Å². The van der Waals surface area contributed by atoms with Crippen LogP contribution in [0.3, 0.4) is 0 Å². The van der Waals surface area contributed by atoms with Gasteiger partial charge in [-0.05, 0) is 25.3 Å². The first-order valence-corrected chi connectivity index (χ1v) is 6.99. The fourth-order valence-corrected chi connectivity index (χ4v) is 2.57. The van der Waals surface area contributed by atoms with Crippen LogP contribution in [0.5, 0.6) is 0 Å². The Kier molecular flexibility index (Phi) is 4.41. The van der Waals surface area contributed by atoms with E-state index in [1.54, 1.807) is 0 Å². The molecule has 2 rings (SSSR count). The molecule has 1 heterocycles. The fraction of sp³-hybridized carbons (Fsp3) is 0.625. The lowest BCUT2D eigenvalue weighted by Crippen LogP contribution is -2.37. The largest absolute Gasteiger partial charge is 0.374 e. The van der Waals surface area contributed by atoms with Crippen LogP contribution in [-0.2, 0) is 10.2 Å². The van der Waals surface area contributed by atoms with E-state index in [9.17, 15) is 0 Å². The molecular weight excluding hydrogens is 222 g/mol. The Morgan fingerprint density at radius 1 is 1.22 bits per heavy atom. The molecule has 1 aromatic rings. The topological polar surface area (TPSA) is 21.3 Å². The standard InChI is InChI=1S/C16H25NO/c1-13-9-10-15(18-13)11-17-12-16(2,3)14-7-5-4-6-8-14/h4-8,13,15,17H,9-12H2,1-3H3. The van der Waals surface area contributed by atoms with Gasteiger partial charge in [0.25, 0.3) is 0 Å². The number of rotatable bonds is 5. The van der Waals surface area contributed by atoms with Gasteiger partial charge in [-0.15, -0.1) is 0 Å². The summed E-state index contributed by atoms with van der Waals surface area (Å²) >= 11 is 0. The van der Waals surface area contributed by atoms with Gasteiger partial charge < -0.3 is 10.1 Å². The molecule has 0 amide bonds. The second-order valence-corrected chi connectivity index (χ2v) is 6.03. The van der Waals surface area contributed by atoms with E-state index in [-0.39, 0.29) is 5.41 Å². The zero-order valence-corrected chi connectivity index (χ0v) is 11.8. The quantitative estimate of drug-likeness (QED) is 0.863. The molecule has 0 radical (unpaired) electrons. The van der Waals surface area contributed by atoms with E-state index >= 15 is 0 Å². The Balaban J connectivity index is 1.79. The molecule has 2 nitrogen and oxygen atoms in total. The van der Waals surface area contributed by atoms with E-state index in [0.717, 1.165) is 13.1 Å². The van der Waals surface area contributed by atoms with Gasteiger partial charge in [0, 0.05) is 18.5 Å². The van der Waals surface area contributed by atoms with Gasteiger partial charge in [0.1, 0.15) is 0 Å². The molecule has 1 aliphatic heterocycles. The minimum Gasteiger partial charge on any atom is -0.374 e. The summed E-state index contributed by atoms with van der Waals surface area (Å²) in [5.41, 5.74) is 1.56. The lowest BCUT2D eigenvalue weighted by Gasteiger charge is -2.26. The van der Waals surface area contributed by atoms with Gasteiger partial charge >= 0.3 is 0 Å². The van der Waals surface area contributed by atoms with Gasteiger partial charge in [0.15, 0.2) is 0 Å². The van der Waals surface area contributed by atoms with Crippen molar-refractivity contribution in [2.75, 3.05) is 13.1 Å². The van der Waals surface area contributed by atoms with Crippen LogP contribution in [0.25, 0.3) is 0 Å². The molecule has 0 aromatic heterocycles. The molecule has 2 unspecified atom stereocenters. The first-order chi connectivity index (χ1) is 8.58. The van der Waals surface area contributed by atoms with Crippen LogP contribution >= 0.6 is 0 Å². The third-order valence-corrected chi connectivity index (χ3v) is 3.81. The predicted octanol–water partition coefficient (Wildman–Crippen LogP) is 3.12. The summed E-state index contributed by atoms with van der Waals surface area (Å²) in [5, 5.41) is 3.56. The summed E-state index contributed by atoms with van der Waals surface area (Å²) in [5.74, 6) is 0. The van der Waals surface area contributed by atoms with Crippen molar-refractivity contribution in [3.8, 4) is 0 Å². The second-order valence-electron chi connectivity index (χ2n) is 6.03. The third kappa shape index (κ3) is 3.56. The first-order valence-electron chi connectivity index (χ1n) is 6.99. The van der Waals surface area contributed by atoms with E-state index in [1.165, 1.54) is 18.4 Å². The summed E-state index contributed by atoms with van der Waals surface area (Å²) in [6, 6.07) is 10.7. The van der Waals surface area contributed by atoms with Gasteiger partial charge in [0.05, 0.1) is 12.2 Å². The maximum absolute atomic E-state index is 5.82. The molecule has 1 aromatic carbocycles. The Morgan fingerprint density at radius 3 is 2.56 bits per heavy atom. The normalized spacial score (nSPS) is 24.4. The smallest absolute Gasteiger partial charge is 0.0704 e. The van der Waals surface area contributed by atoms with E-state index in [4.69, 9.17) is 4.74 Å². The van der Waals surface area contributed by atoms with Crippen molar-refractivity contribution in [1.82, 2.24) is 5.32 Å². The monoisotopic (exact) mass is 247 g/mol. The average molecular weight is 247 g/mol. The lowest BCUT2D eigenvalue weighted by atomic mass is 9.84. The molecule has 2 atom stereocenters. The highest BCUT2D eigenvalue weighted by atomic mass is 16.5. The second kappa shape index (κ2) is 5.85. The summed E-state index contributed by atoms with van der Waals surface area (Å²) in [4.78, 5) is 0. The summed E-state index contributed by atoms with van der Waals surface area (Å²) in [7, 11) is 0. The minimum atomic E-state index is 0.172. The minimum absolute atomic E-state index is 0.172. The number of benzene rings is 1. The SMILES string of the molecule is CC1CCC(CNCC(C)(C)c2ccccc2)O1. The Bertz CT molecular complexity index is 361. The Morgan fingerprint density at radius 2 is 1.94 bits per heavy atom. The van der Waals surface area contributed by atoms with Crippen LogP contribution in [0.1, 0.15) is 39.2 Å². The summed E-state index contributed by atoms with van der Waals surface area (Å²) in [6.45, 7) is 8.70. The molecule has 0 bridgehead atoms. The van der Waals surface area contributed by atoms with E-state index < -0.39 is 0 Å². The first kappa shape index (κ1) is 13.6. The van der Waals surface area contributed by atoms with Crippen LogP contribution < -0.4 is 5.32 Å². The van der Waals surface area contributed by atoms with Crippen LogP contribution in [0.4, 0.5) is 0 Å². The van der Waals surface area contributed by atoms with Gasteiger partial charge in [-0.25, -0.2) is 0 Å². The maximum atomic E-state index is 5.82. The Hall–Kier alpha value is -0.860. The average Bonchev–Trinajstić information content (AvgIpc) is 2.76. The zero-order chi connectivity index (χ0) is 13.0. The molecule has 100 valence electrons. The van der Waals surface area contributed by atoms with E-state index in [2.05, 4.69) is 56.4 Å². The highest BCUT2D eigenvalue weighted by Crippen LogP contribution is 2.22. The number of hydrogen-bond donors (Lipinski definition) is 1. The highest BCUT2D eigenvalue weighted by molar-refractivity contribution is 5.23. The van der Waals surface area contributed by atoms with E-state index in [1.807, 2.05) is 0 Å². The van der Waals surface area contributed by atoms with Crippen molar-refractivity contribution in [3.05, 3.63) is 35.9 Å². The van der Waals surface area contributed by atoms with Crippen LogP contribution in [0.2, 0.25) is 0 Å². The van der Waals surface area contributed by atoms with Gasteiger partial charge in [-0.3, -0.25) is 0 Å². The molecule has 2 heteroatoms. The maximum Gasteiger partial charge on any atom is 0.0704 e. The van der Waals surface area contributed by atoms with E-state index in [0.29, 0.717) is 12.2 Å². The lowest BCUT2D eigenvalue weighted by molar-refractivity contribution is 0.0554.